The molecule has 2 rings (SSSR count). The monoisotopic (exact) mass is 223 g/mol. The molecule has 0 aromatic carbocycles. The van der Waals surface area contributed by atoms with E-state index in [4.69, 9.17) is 10.3 Å². The maximum Gasteiger partial charge on any atom is 0.234 e. The number of rotatable bonds is 3. The molecule has 0 unspecified atom stereocenters. The Morgan fingerprint density at radius 2 is 2.06 bits per heavy atom. The topological polar surface area (TPSA) is 64.9 Å². The van der Waals surface area contributed by atoms with Gasteiger partial charge in [0, 0.05) is 13.0 Å². The summed E-state index contributed by atoms with van der Waals surface area (Å²) < 4.78 is 5.37. The lowest BCUT2D eigenvalue weighted by Crippen LogP contribution is -2.41. The van der Waals surface area contributed by atoms with Gasteiger partial charge < -0.3 is 10.3 Å². The van der Waals surface area contributed by atoms with E-state index in [0.29, 0.717) is 6.54 Å². The number of hydrogen-bond acceptors (Lipinski definition) is 4. The molecule has 16 heavy (non-hydrogen) atoms. The Kier molecular flexibility index (Phi) is 2.78. The Labute approximate surface area is 96.6 Å². The van der Waals surface area contributed by atoms with Crippen molar-refractivity contribution in [2.75, 3.05) is 6.54 Å². The lowest BCUT2D eigenvalue weighted by atomic mass is 9.69. The third-order valence-electron chi connectivity index (χ3n) is 3.31. The van der Waals surface area contributed by atoms with E-state index in [9.17, 15) is 0 Å². The molecule has 0 atom stereocenters. The van der Waals surface area contributed by atoms with Crippen molar-refractivity contribution in [2.24, 2.45) is 11.1 Å². The lowest BCUT2D eigenvalue weighted by molar-refractivity contribution is 0.181. The molecular weight excluding hydrogens is 202 g/mol. The highest BCUT2D eigenvalue weighted by molar-refractivity contribution is 5.11. The Hall–Kier alpha value is -0.900. The molecule has 4 heteroatoms. The van der Waals surface area contributed by atoms with Gasteiger partial charge in [-0.05, 0) is 18.3 Å². The van der Waals surface area contributed by atoms with Crippen LogP contribution in [0.25, 0.3) is 0 Å². The van der Waals surface area contributed by atoms with E-state index in [0.717, 1.165) is 31.0 Å². The molecule has 1 saturated carbocycles. The molecule has 0 spiro atoms. The third kappa shape index (κ3) is 2.12. The zero-order valence-electron chi connectivity index (χ0n) is 10.4. The van der Waals surface area contributed by atoms with E-state index >= 15 is 0 Å². The maximum atomic E-state index is 5.81. The maximum absolute atomic E-state index is 5.81. The van der Waals surface area contributed by atoms with E-state index in [1.165, 1.54) is 6.42 Å². The average Bonchev–Trinajstić information content (AvgIpc) is 2.49. The van der Waals surface area contributed by atoms with Crippen LogP contribution < -0.4 is 5.73 Å². The summed E-state index contributed by atoms with van der Waals surface area (Å²) in [6.45, 7) is 7.13. The van der Waals surface area contributed by atoms with Gasteiger partial charge in [0.05, 0.1) is 5.41 Å². The average molecular weight is 223 g/mol. The molecule has 1 aromatic heterocycles. The zero-order chi connectivity index (χ0) is 11.8. The van der Waals surface area contributed by atoms with Gasteiger partial charge in [0.2, 0.25) is 5.89 Å². The highest BCUT2D eigenvalue weighted by atomic mass is 16.5. The van der Waals surface area contributed by atoms with Crippen LogP contribution >= 0.6 is 0 Å². The second-order valence-electron chi connectivity index (χ2n) is 6.09. The first kappa shape index (κ1) is 11.6. The van der Waals surface area contributed by atoms with Gasteiger partial charge in [0.1, 0.15) is 0 Å². The highest BCUT2D eigenvalue weighted by Gasteiger charge is 2.42. The van der Waals surface area contributed by atoms with Gasteiger partial charge in [0.25, 0.3) is 0 Å². The van der Waals surface area contributed by atoms with Crippen molar-refractivity contribution in [2.45, 2.75) is 51.9 Å². The van der Waals surface area contributed by atoms with Crippen molar-refractivity contribution in [3.05, 3.63) is 11.7 Å². The minimum atomic E-state index is -0.0108. The second-order valence-corrected chi connectivity index (χ2v) is 6.09. The molecule has 0 aliphatic heterocycles. The van der Waals surface area contributed by atoms with Gasteiger partial charge in [-0.3, -0.25) is 0 Å². The largest absolute Gasteiger partial charge is 0.339 e. The van der Waals surface area contributed by atoms with E-state index in [-0.39, 0.29) is 10.8 Å². The molecule has 1 aliphatic rings. The summed E-state index contributed by atoms with van der Waals surface area (Å²) in [6.07, 6.45) is 4.23. The molecule has 1 fully saturated rings. The van der Waals surface area contributed by atoms with Gasteiger partial charge in [-0.2, -0.15) is 4.98 Å². The Morgan fingerprint density at radius 3 is 2.50 bits per heavy atom. The molecule has 2 N–H and O–H groups in total. The van der Waals surface area contributed by atoms with Crippen LogP contribution in [0.15, 0.2) is 4.52 Å². The van der Waals surface area contributed by atoms with Crippen LogP contribution in [0, 0.1) is 5.41 Å². The quantitative estimate of drug-likeness (QED) is 0.851. The van der Waals surface area contributed by atoms with Crippen LogP contribution in [-0.2, 0) is 11.8 Å². The molecule has 0 saturated heterocycles. The van der Waals surface area contributed by atoms with Crippen molar-refractivity contribution in [1.29, 1.82) is 0 Å². The fourth-order valence-electron chi connectivity index (χ4n) is 2.12. The van der Waals surface area contributed by atoms with E-state index in [2.05, 4.69) is 30.9 Å². The van der Waals surface area contributed by atoms with E-state index < -0.39 is 0 Å². The van der Waals surface area contributed by atoms with Crippen LogP contribution in [-0.4, -0.2) is 16.7 Å². The number of nitrogens with zero attached hydrogens (tertiary/aromatic N) is 2. The summed E-state index contributed by atoms with van der Waals surface area (Å²) >= 11 is 0. The first-order valence-corrected chi connectivity index (χ1v) is 5.98. The van der Waals surface area contributed by atoms with Gasteiger partial charge in [0.15, 0.2) is 5.82 Å². The summed E-state index contributed by atoms with van der Waals surface area (Å²) in [4.78, 5) is 4.50. The van der Waals surface area contributed by atoms with Gasteiger partial charge in [-0.15, -0.1) is 0 Å². The molecule has 0 radical (unpaired) electrons. The minimum absolute atomic E-state index is 0.0108. The molecule has 1 aromatic rings. The van der Waals surface area contributed by atoms with Crippen LogP contribution in [0.1, 0.15) is 51.7 Å². The van der Waals surface area contributed by atoms with Crippen molar-refractivity contribution >= 4 is 0 Å². The molecule has 0 bridgehead atoms. The summed E-state index contributed by atoms with van der Waals surface area (Å²) in [5.41, 5.74) is 5.99. The smallest absolute Gasteiger partial charge is 0.234 e. The van der Waals surface area contributed by atoms with Crippen molar-refractivity contribution < 1.29 is 4.52 Å². The standard InChI is InChI=1S/C12H21N3O/c1-11(2,3)7-9-14-10(16-15-9)12(8-13)5-4-6-12/h4-8,13H2,1-3H3. The second kappa shape index (κ2) is 3.84. The summed E-state index contributed by atoms with van der Waals surface area (Å²) in [6, 6.07) is 0. The van der Waals surface area contributed by atoms with E-state index in [1.807, 2.05) is 0 Å². The predicted octanol–water partition coefficient (Wildman–Crippen LogP) is 2.04. The molecule has 4 nitrogen and oxygen atoms in total. The van der Waals surface area contributed by atoms with Crippen LogP contribution in [0.2, 0.25) is 0 Å². The van der Waals surface area contributed by atoms with Crippen molar-refractivity contribution in [1.82, 2.24) is 10.1 Å². The van der Waals surface area contributed by atoms with E-state index in [1.54, 1.807) is 0 Å². The molecule has 1 heterocycles. The molecule has 1 aliphatic carbocycles. The molecular formula is C12H21N3O. The normalized spacial score (nSPS) is 19.5. The fraction of sp³-hybridized carbons (Fsp3) is 0.833. The summed E-state index contributed by atoms with van der Waals surface area (Å²) in [7, 11) is 0. The Balaban J connectivity index is 2.13. The first-order chi connectivity index (χ1) is 7.45. The summed E-state index contributed by atoms with van der Waals surface area (Å²) in [5, 5.41) is 4.06. The van der Waals surface area contributed by atoms with Crippen LogP contribution in [0.3, 0.4) is 0 Å². The SMILES string of the molecule is CC(C)(C)Cc1noc(C2(CN)CCC2)n1. The predicted molar refractivity (Wildman–Crippen MR) is 62.0 cm³/mol. The Bertz CT molecular complexity index is 355. The third-order valence-corrected chi connectivity index (χ3v) is 3.31. The number of aromatic nitrogens is 2. The molecule has 90 valence electrons. The van der Waals surface area contributed by atoms with Crippen molar-refractivity contribution in [3.8, 4) is 0 Å². The van der Waals surface area contributed by atoms with Crippen LogP contribution in [0.4, 0.5) is 0 Å². The van der Waals surface area contributed by atoms with Gasteiger partial charge in [-0.1, -0.05) is 32.3 Å². The zero-order valence-corrected chi connectivity index (χ0v) is 10.4. The highest BCUT2D eigenvalue weighted by Crippen LogP contribution is 2.42. The summed E-state index contributed by atoms with van der Waals surface area (Å²) in [5.74, 6) is 1.56. The van der Waals surface area contributed by atoms with Crippen molar-refractivity contribution in [3.63, 3.8) is 0 Å². The number of hydrogen-bond donors (Lipinski definition) is 1. The fourth-order valence-corrected chi connectivity index (χ4v) is 2.12. The van der Waals surface area contributed by atoms with Gasteiger partial charge in [-0.25, -0.2) is 0 Å². The number of nitrogens with two attached hydrogens (primary N) is 1. The first-order valence-electron chi connectivity index (χ1n) is 5.98. The Morgan fingerprint density at radius 1 is 1.38 bits per heavy atom. The lowest BCUT2D eigenvalue weighted by Gasteiger charge is -2.36. The van der Waals surface area contributed by atoms with Gasteiger partial charge >= 0.3 is 0 Å². The van der Waals surface area contributed by atoms with Crippen LogP contribution in [0.5, 0.6) is 0 Å². The minimum Gasteiger partial charge on any atom is -0.339 e. The molecule has 0 amide bonds.